The smallest absolute Gasteiger partial charge is 0.147 e. The highest BCUT2D eigenvalue weighted by molar-refractivity contribution is 6.37. The highest BCUT2D eigenvalue weighted by Crippen LogP contribution is 2.27. The molecular formula is C9H13Cl2N3O. The summed E-state index contributed by atoms with van der Waals surface area (Å²) in [7, 11) is 0. The Morgan fingerprint density at radius 3 is 2.60 bits per heavy atom. The van der Waals surface area contributed by atoms with Crippen molar-refractivity contribution in [2.75, 3.05) is 17.6 Å². The van der Waals surface area contributed by atoms with Gasteiger partial charge in [-0.05, 0) is 19.9 Å². The van der Waals surface area contributed by atoms with E-state index in [2.05, 4.69) is 10.3 Å². The molecule has 0 amide bonds. The second-order valence-electron chi connectivity index (χ2n) is 3.85. The number of pyridine rings is 1. The molecule has 0 fully saturated rings. The first-order valence-corrected chi connectivity index (χ1v) is 5.13. The van der Waals surface area contributed by atoms with Gasteiger partial charge in [0.15, 0.2) is 0 Å². The Hall–Kier alpha value is -0.710. The van der Waals surface area contributed by atoms with E-state index in [-0.39, 0.29) is 5.82 Å². The van der Waals surface area contributed by atoms with E-state index in [9.17, 15) is 5.11 Å². The Morgan fingerprint density at radius 1 is 1.47 bits per heavy atom. The third kappa shape index (κ3) is 3.74. The maximum absolute atomic E-state index is 9.50. The van der Waals surface area contributed by atoms with Crippen molar-refractivity contribution >= 4 is 34.8 Å². The van der Waals surface area contributed by atoms with Crippen molar-refractivity contribution in [2.24, 2.45) is 0 Å². The predicted octanol–water partition coefficient (Wildman–Crippen LogP) is 2.15. The van der Waals surface area contributed by atoms with Crippen LogP contribution in [0.15, 0.2) is 6.07 Å². The molecule has 0 bridgehead atoms. The molecule has 1 aromatic heterocycles. The molecule has 6 heteroatoms. The molecule has 4 N–H and O–H groups in total. The number of nitrogen functional groups attached to an aromatic ring is 1. The summed E-state index contributed by atoms with van der Waals surface area (Å²) < 4.78 is 0. The minimum Gasteiger partial charge on any atom is -0.389 e. The number of hydrogen-bond donors (Lipinski definition) is 3. The van der Waals surface area contributed by atoms with Crippen LogP contribution in [0.5, 0.6) is 0 Å². The van der Waals surface area contributed by atoms with Crippen LogP contribution < -0.4 is 11.1 Å². The Balaban J connectivity index is 2.82. The molecule has 0 aliphatic heterocycles. The van der Waals surface area contributed by atoms with Gasteiger partial charge in [-0.2, -0.15) is 0 Å². The van der Waals surface area contributed by atoms with E-state index in [1.54, 1.807) is 13.8 Å². The first kappa shape index (κ1) is 12.4. The monoisotopic (exact) mass is 249 g/mol. The van der Waals surface area contributed by atoms with Crippen LogP contribution in [0.3, 0.4) is 0 Å². The fourth-order valence-electron chi connectivity index (χ4n) is 0.905. The number of aliphatic hydroxyl groups is 1. The van der Waals surface area contributed by atoms with Gasteiger partial charge in [-0.15, -0.1) is 0 Å². The van der Waals surface area contributed by atoms with Crippen LogP contribution in [0.2, 0.25) is 10.0 Å². The maximum atomic E-state index is 9.50. The Labute approximate surface area is 98.4 Å². The largest absolute Gasteiger partial charge is 0.389 e. The van der Waals surface area contributed by atoms with Gasteiger partial charge in [-0.25, -0.2) is 4.98 Å². The van der Waals surface area contributed by atoms with Crippen molar-refractivity contribution in [1.29, 1.82) is 0 Å². The fraction of sp³-hybridized carbons (Fsp3) is 0.444. The van der Waals surface area contributed by atoms with Gasteiger partial charge < -0.3 is 16.2 Å². The molecule has 0 spiro atoms. The topological polar surface area (TPSA) is 71.2 Å². The maximum Gasteiger partial charge on any atom is 0.147 e. The second-order valence-corrected chi connectivity index (χ2v) is 4.67. The molecule has 0 aliphatic rings. The van der Waals surface area contributed by atoms with E-state index < -0.39 is 5.60 Å². The summed E-state index contributed by atoms with van der Waals surface area (Å²) in [5, 5.41) is 13.1. The summed E-state index contributed by atoms with van der Waals surface area (Å²) >= 11 is 11.6. The summed E-state index contributed by atoms with van der Waals surface area (Å²) in [6.07, 6.45) is 0. The lowest BCUT2D eigenvalue weighted by Gasteiger charge is -2.18. The van der Waals surface area contributed by atoms with Gasteiger partial charge in [-0.1, -0.05) is 23.2 Å². The van der Waals surface area contributed by atoms with E-state index in [0.29, 0.717) is 22.4 Å². The number of nitrogens with two attached hydrogens (primary N) is 1. The van der Waals surface area contributed by atoms with Gasteiger partial charge in [-0.3, -0.25) is 0 Å². The molecule has 1 aromatic rings. The molecule has 1 heterocycles. The lowest BCUT2D eigenvalue weighted by Crippen LogP contribution is -2.29. The molecule has 0 saturated carbocycles. The minimum atomic E-state index is -0.848. The van der Waals surface area contributed by atoms with Crippen LogP contribution in [-0.4, -0.2) is 22.2 Å². The van der Waals surface area contributed by atoms with Crippen molar-refractivity contribution < 1.29 is 5.11 Å². The fourth-order valence-corrected chi connectivity index (χ4v) is 1.33. The molecule has 0 saturated heterocycles. The summed E-state index contributed by atoms with van der Waals surface area (Å²) in [5.41, 5.74) is 4.68. The SMILES string of the molecule is CC(C)(O)CNc1nc(N)c(Cl)cc1Cl. The zero-order valence-corrected chi connectivity index (χ0v) is 10.0. The van der Waals surface area contributed by atoms with Crippen LogP contribution in [0.1, 0.15) is 13.8 Å². The molecule has 0 aromatic carbocycles. The van der Waals surface area contributed by atoms with Crippen LogP contribution >= 0.6 is 23.2 Å². The Bertz CT molecular complexity index is 363. The number of nitrogens with one attached hydrogen (secondary N) is 1. The number of anilines is 2. The second kappa shape index (κ2) is 4.43. The standard InChI is InChI=1S/C9H13Cl2N3O/c1-9(2,15)4-13-8-6(11)3-5(10)7(12)14-8/h3,15H,4H2,1-2H3,(H3,12,13,14). The van der Waals surface area contributed by atoms with Gasteiger partial charge in [0.2, 0.25) is 0 Å². The van der Waals surface area contributed by atoms with Crippen LogP contribution in [-0.2, 0) is 0 Å². The van der Waals surface area contributed by atoms with Crippen LogP contribution in [0, 0.1) is 0 Å². The first-order chi connectivity index (χ1) is 6.79. The summed E-state index contributed by atoms with van der Waals surface area (Å²) in [5.74, 6) is 0.625. The van der Waals surface area contributed by atoms with Gasteiger partial charge in [0.05, 0.1) is 15.6 Å². The van der Waals surface area contributed by atoms with E-state index in [1.807, 2.05) is 0 Å². The lowest BCUT2D eigenvalue weighted by molar-refractivity contribution is 0.0944. The molecule has 0 radical (unpaired) electrons. The average molecular weight is 250 g/mol. The number of aromatic nitrogens is 1. The first-order valence-electron chi connectivity index (χ1n) is 4.37. The highest BCUT2D eigenvalue weighted by atomic mass is 35.5. The molecule has 0 atom stereocenters. The molecule has 15 heavy (non-hydrogen) atoms. The van der Waals surface area contributed by atoms with Crippen molar-refractivity contribution in [3.05, 3.63) is 16.1 Å². The number of hydrogen-bond acceptors (Lipinski definition) is 4. The van der Waals surface area contributed by atoms with Crippen LogP contribution in [0.4, 0.5) is 11.6 Å². The van der Waals surface area contributed by atoms with Crippen molar-refractivity contribution in [2.45, 2.75) is 19.4 Å². The molecule has 1 rings (SSSR count). The third-order valence-electron chi connectivity index (χ3n) is 1.65. The lowest BCUT2D eigenvalue weighted by atomic mass is 10.1. The van der Waals surface area contributed by atoms with E-state index in [1.165, 1.54) is 6.07 Å². The molecular weight excluding hydrogens is 237 g/mol. The van der Waals surface area contributed by atoms with Crippen molar-refractivity contribution in [3.63, 3.8) is 0 Å². The van der Waals surface area contributed by atoms with E-state index in [4.69, 9.17) is 28.9 Å². The Morgan fingerprint density at radius 2 is 2.07 bits per heavy atom. The van der Waals surface area contributed by atoms with Gasteiger partial charge in [0.1, 0.15) is 11.6 Å². The Kier molecular flexibility index (Phi) is 3.65. The number of nitrogens with zero attached hydrogens (tertiary/aromatic N) is 1. The van der Waals surface area contributed by atoms with Crippen molar-refractivity contribution in [3.8, 4) is 0 Å². The molecule has 84 valence electrons. The number of halogens is 2. The zero-order valence-electron chi connectivity index (χ0n) is 8.51. The van der Waals surface area contributed by atoms with E-state index >= 15 is 0 Å². The normalized spacial score (nSPS) is 11.5. The van der Waals surface area contributed by atoms with Crippen LogP contribution in [0.25, 0.3) is 0 Å². The van der Waals surface area contributed by atoms with Gasteiger partial charge in [0.25, 0.3) is 0 Å². The van der Waals surface area contributed by atoms with Gasteiger partial charge >= 0.3 is 0 Å². The van der Waals surface area contributed by atoms with E-state index in [0.717, 1.165) is 0 Å². The summed E-state index contributed by atoms with van der Waals surface area (Å²) in [6, 6.07) is 1.51. The zero-order chi connectivity index (χ0) is 11.6. The summed E-state index contributed by atoms with van der Waals surface area (Å²) in [6.45, 7) is 3.67. The minimum absolute atomic E-state index is 0.208. The average Bonchev–Trinajstić information content (AvgIpc) is 2.07. The summed E-state index contributed by atoms with van der Waals surface area (Å²) in [4.78, 5) is 3.97. The molecule has 0 aliphatic carbocycles. The molecule has 4 nitrogen and oxygen atoms in total. The van der Waals surface area contributed by atoms with Crippen molar-refractivity contribution in [1.82, 2.24) is 4.98 Å². The highest BCUT2D eigenvalue weighted by Gasteiger charge is 2.14. The molecule has 0 unspecified atom stereocenters. The third-order valence-corrected chi connectivity index (χ3v) is 2.24. The van der Waals surface area contributed by atoms with Gasteiger partial charge in [0, 0.05) is 6.54 Å². The number of rotatable bonds is 3. The predicted molar refractivity (Wildman–Crippen MR) is 63.5 cm³/mol. The quantitative estimate of drug-likeness (QED) is 0.768.